The molecule has 0 atom stereocenters. The Morgan fingerprint density at radius 2 is 1.73 bits per heavy atom. The van der Waals surface area contributed by atoms with Gasteiger partial charge in [0, 0.05) is 38.8 Å². The van der Waals surface area contributed by atoms with Gasteiger partial charge in [0.2, 0.25) is 0 Å². The molecule has 0 radical (unpaired) electrons. The van der Waals surface area contributed by atoms with Gasteiger partial charge in [-0.2, -0.15) is 0 Å². The fourth-order valence-corrected chi connectivity index (χ4v) is 4.52. The second kappa shape index (κ2) is 11.7. The van der Waals surface area contributed by atoms with Gasteiger partial charge in [-0.3, -0.25) is 9.89 Å². The van der Waals surface area contributed by atoms with Crippen LogP contribution in [-0.2, 0) is 22.6 Å². The van der Waals surface area contributed by atoms with Crippen LogP contribution in [0.3, 0.4) is 0 Å². The third-order valence-electron chi connectivity index (χ3n) is 6.34. The van der Waals surface area contributed by atoms with Gasteiger partial charge in [-0.05, 0) is 37.8 Å². The van der Waals surface area contributed by atoms with E-state index in [9.17, 15) is 0 Å². The number of nitrogens with zero attached hydrogens (tertiary/aromatic N) is 2. The van der Waals surface area contributed by atoms with Crippen LogP contribution in [0.1, 0.15) is 57.1 Å². The van der Waals surface area contributed by atoms with Crippen molar-refractivity contribution in [2.24, 2.45) is 4.99 Å². The van der Waals surface area contributed by atoms with E-state index in [2.05, 4.69) is 58.6 Å². The number of benzene rings is 1. The molecule has 168 valence electrons. The Balaban J connectivity index is 1.50. The smallest absolute Gasteiger partial charge is 0.191 e. The van der Waals surface area contributed by atoms with E-state index in [-0.39, 0.29) is 11.6 Å². The van der Waals surface area contributed by atoms with E-state index in [4.69, 9.17) is 9.47 Å². The number of hydrogen-bond acceptors (Lipinski definition) is 4. The van der Waals surface area contributed by atoms with Crippen molar-refractivity contribution in [2.75, 3.05) is 39.9 Å². The minimum absolute atomic E-state index is 0.234. The zero-order chi connectivity index (χ0) is 21.2. The van der Waals surface area contributed by atoms with Crippen molar-refractivity contribution >= 4 is 5.96 Å². The molecule has 0 amide bonds. The molecule has 0 spiro atoms. The van der Waals surface area contributed by atoms with E-state index in [1.807, 2.05) is 7.05 Å². The summed E-state index contributed by atoms with van der Waals surface area (Å²) < 4.78 is 11.3. The van der Waals surface area contributed by atoms with Crippen molar-refractivity contribution in [3.63, 3.8) is 0 Å². The molecule has 3 rings (SSSR count). The van der Waals surface area contributed by atoms with Crippen LogP contribution in [0, 0.1) is 0 Å². The number of rotatable bonds is 8. The van der Waals surface area contributed by atoms with Gasteiger partial charge in [0.05, 0.1) is 25.9 Å². The van der Waals surface area contributed by atoms with Gasteiger partial charge < -0.3 is 20.1 Å². The summed E-state index contributed by atoms with van der Waals surface area (Å²) in [4.78, 5) is 7.12. The summed E-state index contributed by atoms with van der Waals surface area (Å²) in [5, 5.41) is 7.11. The molecule has 0 aromatic heterocycles. The Bertz CT molecular complexity index is 648. The molecule has 30 heavy (non-hydrogen) atoms. The quantitative estimate of drug-likeness (QED) is 0.503. The SMILES string of the molecule is CN=C(NCc1ccc(COC(C)C)cc1)NCC1(N2CCOCC2)CCCCC1. The molecule has 1 saturated heterocycles. The van der Waals surface area contributed by atoms with Crippen LogP contribution in [0.2, 0.25) is 0 Å². The normalized spacial score (nSPS) is 20.3. The molecule has 6 nitrogen and oxygen atoms in total. The Labute approximate surface area is 182 Å². The number of aliphatic imine (C=N–C) groups is 1. The summed E-state index contributed by atoms with van der Waals surface area (Å²) in [6.07, 6.45) is 6.77. The molecule has 2 fully saturated rings. The molecule has 2 aliphatic rings. The van der Waals surface area contributed by atoms with E-state index in [0.29, 0.717) is 6.61 Å². The fourth-order valence-electron chi connectivity index (χ4n) is 4.52. The molecular weight excluding hydrogens is 376 g/mol. The van der Waals surface area contributed by atoms with Crippen LogP contribution in [0.4, 0.5) is 0 Å². The molecule has 1 aromatic carbocycles. The van der Waals surface area contributed by atoms with Gasteiger partial charge in [0.1, 0.15) is 0 Å². The molecule has 1 saturated carbocycles. The minimum Gasteiger partial charge on any atom is -0.379 e. The number of hydrogen-bond donors (Lipinski definition) is 2. The number of ether oxygens (including phenoxy) is 2. The molecule has 0 bridgehead atoms. The topological polar surface area (TPSA) is 58.1 Å². The molecule has 6 heteroatoms. The Kier molecular flexibility index (Phi) is 8.97. The molecule has 0 unspecified atom stereocenters. The number of nitrogens with one attached hydrogen (secondary N) is 2. The molecule has 1 aliphatic heterocycles. The summed E-state index contributed by atoms with van der Waals surface area (Å²) in [5.74, 6) is 0.875. The van der Waals surface area contributed by atoms with Gasteiger partial charge in [-0.1, -0.05) is 43.5 Å². The Hall–Kier alpha value is -1.63. The summed E-state index contributed by atoms with van der Waals surface area (Å²) in [7, 11) is 1.85. The number of guanidine groups is 1. The third-order valence-corrected chi connectivity index (χ3v) is 6.34. The van der Waals surface area contributed by atoms with Crippen molar-refractivity contribution in [2.45, 2.75) is 70.7 Å². The predicted octanol–water partition coefficient (Wildman–Crippen LogP) is 3.31. The first-order valence-corrected chi connectivity index (χ1v) is 11.6. The molecule has 2 N–H and O–H groups in total. The maximum Gasteiger partial charge on any atom is 0.191 e. The lowest BCUT2D eigenvalue weighted by Gasteiger charge is -2.48. The highest BCUT2D eigenvalue weighted by Crippen LogP contribution is 2.33. The summed E-state index contributed by atoms with van der Waals surface area (Å²) in [5.41, 5.74) is 2.68. The van der Waals surface area contributed by atoms with E-state index >= 15 is 0 Å². The molecule has 1 heterocycles. The van der Waals surface area contributed by atoms with E-state index in [1.54, 1.807) is 0 Å². The zero-order valence-electron chi connectivity index (χ0n) is 19.1. The first-order valence-electron chi connectivity index (χ1n) is 11.6. The predicted molar refractivity (Wildman–Crippen MR) is 123 cm³/mol. The largest absolute Gasteiger partial charge is 0.379 e. The minimum atomic E-state index is 0.234. The van der Waals surface area contributed by atoms with Crippen LogP contribution < -0.4 is 10.6 Å². The van der Waals surface area contributed by atoms with Crippen molar-refractivity contribution in [3.05, 3.63) is 35.4 Å². The summed E-state index contributed by atoms with van der Waals surface area (Å²) in [6.45, 7) is 10.3. The van der Waals surface area contributed by atoms with Crippen LogP contribution in [0.5, 0.6) is 0 Å². The molecule has 1 aromatic rings. The van der Waals surface area contributed by atoms with Gasteiger partial charge in [-0.15, -0.1) is 0 Å². The lowest BCUT2D eigenvalue weighted by atomic mass is 9.80. The van der Waals surface area contributed by atoms with Crippen LogP contribution in [-0.4, -0.2) is 62.4 Å². The highest BCUT2D eigenvalue weighted by Gasteiger charge is 2.38. The highest BCUT2D eigenvalue weighted by molar-refractivity contribution is 5.79. The maximum atomic E-state index is 5.68. The third kappa shape index (κ3) is 6.69. The van der Waals surface area contributed by atoms with Crippen LogP contribution >= 0.6 is 0 Å². The average molecular weight is 417 g/mol. The monoisotopic (exact) mass is 416 g/mol. The number of morpholine rings is 1. The maximum absolute atomic E-state index is 5.68. The Morgan fingerprint density at radius 1 is 1.07 bits per heavy atom. The lowest BCUT2D eigenvalue weighted by molar-refractivity contribution is -0.0352. The Morgan fingerprint density at radius 3 is 2.37 bits per heavy atom. The van der Waals surface area contributed by atoms with E-state index in [1.165, 1.54) is 43.2 Å². The first-order chi connectivity index (χ1) is 14.6. The zero-order valence-corrected chi connectivity index (χ0v) is 19.1. The summed E-state index contributed by atoms with van der Waals surface area (Å²) in [6, 6.07) is 8.61. The van der Waals surface area contributed by atoms with E-state index < -0.39 is 0 Å². The molecule has 1 aliphatic carbocycles. The first kappa shape index (κ1) is 23.0. The lowest BCUT2D eigenvalue weighted by Crippen LogP contribution is -2.60. The van der Waals surface area contributed by atoms with Crippen molar-refractivity contribution < 1.29 is 9.47 Å². The van der Waals surface area contributed by atoms with Gasteiger partial charge in [0.15, 0.2) is 5.96 Å². The second-order valence-corrected chi connectivity index (χ2v) is 8.84. The second-order valence-electron chi connectivity index (χ2n) is 8.84. The highest BCUT2D eigenvalue weighted by atomic mass is 16.5. The van der Waals surface area contributed by atoms with Gasteiger partial charge in [0.25, 0.3) is 0 Å². The van der Waals surface area contributed by atoms with Crippen LogP contribution in [0.25, 0.3) is 0 Å². The van der Waals surface area contributed by atoms with Crippen molar-refractivity contribution in [3.8, 4) is 0 Å². The van der Waals surface area contributed by atoms with Crippen molar-refractivity contribution in [1.29, 1.82) is 0 Å². The van der Waals surface area contributed by atoms with Crippen molar-refractivity contribution in [1.82, 2.24) is 15.5 Å². The molecular formula is C24H40N4O2. The van der Waals surface area contributed by atoms with Gasteiger partial charge >= 0.3 is 0 Å². The summed E-state index contributed by atoms with van der Waals surface area (Å²) >= 11 is 0. The van der Waals surface area contributed by atoms with Gasteiger partial charge in [-0.25, -0.2) is 0 Å². The van der Waals surface area contributed by atoms with E-state index in [0.717, 1.165) is 45.4 Å². The standard InChI is InChI=1S/C24H40N4O2/c1-20(2)30-18-22-9-7-21(8-10-22)17-26-23(25-3)27-19-24(11-5-4-6-12-24)28-13-15-29-16-14-28/h7-10,20H,4-6,11-19H2,1-3H3,(H2,25,26,27). The fraction of sp³-hybridized carbons (Fsp3) is 0.708. The van der Waals surface area contributed by atoms with Crippen LogP contribution in [0.15, 0.2) is 29.3 Å². The average Bonchev–Trinajstić information content (AvgIpc) is 2.79.